The minimum Gasteiger partial charge on any atom is -0.598 e. The highest BCUT2D eigenvalue weighted by Crippen LogP contribution is 2.25. The van der Waals surface area contributed by atoms with Crippen LogP contribution in [0.1, 0.15) is 26.3 Å². The fourth-order valence-electron chi connectivity index (χ4n) is 1.43. The number of rotatable bonds is 5. The molecule has 0 amide bonds. The van der Waals surface area contributed by atoms with Crippen LogP contribution in [0, 0.1) is 5.82 Å². The predicted molar refractivity (Wildman–Crippen MR) is 72.7 cm³/mol. The van der Waals surface area contributed by atoms with E-state index in [-0.39, 0.29) is 18.5 Å². The topological polar surface area (TPSA) is 44.3 Å². The van der Waals surface area contributed by atoms with Gasteiger partial charge in [-0.25, -0.2) is 4.39 Å². The SMILES string of the molecule is CC(C)(C)[S+]([O-])NCCc1cc(OC(F)(F)F)ccc1F. The van der Waals surface area contributed by atoms with Crippen LogP contribution < -0.4 is 9.46 Å². The molecule has 0 bridgehead atoms. The molecule has 120 valence electrons. The molecule has 0 radical (unpaired) electrons. The summed E-state index contributed by atoms with van der Waals surface area (Å²) in [6.07, 6.45) is -4.72. The average molecular weight is 327 g/mol. The van der Waals surface area contributed by atoms with E-state index in [1.807, 2.05) is 0 Å². The second-order valence-electron chi connectivity index (χ2n) is 5.33. The molecule has 1 aromatic rings. The van der Waals surface area contributed by atoms with E-state index >= 15 is 0 Å². The summed E-state index contributed by atoms with van der Waals surface area (Å²) in [4.78, 5) is 0. The molecule has 0 aliphatic rings. The summed E-state index contributed by atoms with van der Waals surface area (Å²) < 4.78 is 67.5. The van der Waals surface area contributed by atoms with Crippen molar-refractivity contribution in [2.24, 2.45) is 0 Å². The van der Waals surface area contributed by atoms with Gasteiger partial charge in [-0.05, 0) is 51.0 Å². The van der Waals surface area contributed by atoms with Crippen LogP contribution in [0.25, 0.3) is 0 Å². The Kier molecular flexibility index (Phi) is 5.89. The van der Waals surface area contributed by atoms with E-state index < -0.39 is 34.0 Å². The summed E-state index contributed by atoms with van der Waals surface area (Å²) >= 11 is -1.32. The predicted octanol–water partition coefficient (Wildman–Crippen LogP) is 3.32. The van der Waals surface area contributed by atoms with Crippen molar-refractivity contribution in [3.05, 3.63) is 29.6 Å². The molecule has 0 saturated carbocycles. The van der Waals surface area contributed by atoms with Gasteiger partial charge >= 0.3 is 6.36 Å². The van der Waals surface area contributed by atoms with Gasteiger partial charge in [-0.1, -0.05) is 0 Å². The first-order valence-corrected chi connectivity index (χ1v) is 7.33. The quantitative estimate of drug-likeness (QED) is 0.666. The maximum absolute atomic E-state index is 13.5. The summed E-state index contributed by atoms with van der Waals surface area (Å²) in [5, 5.41) is 0. The van der Waals surface area contributed by atoms with Crippen LogP contribution in [0.2, 0.25) is 0 Å². The molecule has 1 rings (SSSR count). The number of alkyl halides is 3. The Bertz CT molecular complexity index is 474. The molecule has 0 saturated heterocycles. The molecule has 0 aliphatic heterocycles. The first-order valence-electron chi connectivity index (χ1n) is 6.18. The normalized spacial score (nSPS) is 14.1. The van der Waals surface area contributed by atoms with Crippen molar-refractivity contribution >= 4 is 11.4 Å². The molecule has 1 N–H and O–H groups in total. The third-order valence-corrected chi connectivity index (χ3v) is 4.01. The van der Waals surface area contributed by atoms with Gasteiger partial charge in [0, 0.05) is 17.9 Å². The Morgan fingerprint density at radius 2 is 1.86 bits per heavy atom. The van der Waals surface area contributed by atoms with Gasteiger partial charge < -0.3 is 9.29 Å². The molecule has 0 aliphatic carbocycles. The van der Waals surface area contributed by atoms with Crippen molar-refractivity contribution in [3.63, 3.8) is 0 Å². The zero-order valence-corrected chi connectivity index (χ0v) is 12.7. The highest BCUT2D eigenvalue weighted by atomic mass is 32.2. The molecule has 0 fully saturated rings. The molecule has 3 nitrogen and oxygen atoms in total. The first kappa shape index (κ1) is 18.1. The molecule has 1 unspecified atom stereocenters. The number of hydrogen-bond donors (Lipinski definition) is 1. The lowest BCUT2D eigenvalue weighted by Crippen LogP contribution is -2.40. The van der Waals surface area contributed by atoms with E-state index in [4.69, 9.17) is 0 Å². The van der Waals surface area contributed by atoms with E-state index in [2.05, 4.69) is 9.46 Å². The lowest BCUT2D eigenvalue weighted by Gasteiger charge is -2.23. The van der Waals surface area contributed by atoms with Crippen molar-refractivity contribution < 1.29 is 26.9 Å². The standard InChI is InChI=1S/C13H17F4NO2S/c1-12(2,3)21(19)18-7-6-9-8-10(4-5-11(9)14)20-13(15,16)17/h4-5,8,18H,6-7H2,1-3H3. The van der Waals surface area contributed by atoms with E-state index in [9.17, 15) is 22.1 Å². The van der Waals surface area contributed by atoms with Gasteiger partial charge in [-0.15, -0.1) is 17.9 Å². The first-order chi connectivity index (χ1) is 9.49. The van der Waals surface area contributed by atoms with Crippen LogP contribution in [0.15, 0.2) is 18.2 Å². The monoisotopic (exact) mass is 327 g/mol. The fourth-order valence-corrected chi connectivity index (χ4v) is 2.16. The summed E-state index contributed by atoms with van der Waals surface area (Å²) in [6.45, 7) is 5.49. The number of ether oxygens (including phenoxy) is 1. The van der Waals surface area contributed by atoms with Gasteiger partial charge in [-0.3, -0.25) is 0 Å². The highest BCUT2D eigenvalue weighted by molar-refractivity contribution is 7.90. The summed E-state index contributed by atoms with van der Waals surface area (Å²) in [7, 11) is 0. The highest BCUT2D eigenvalue weighted by Gasteiger charge is 2.31. The largest absolute Gasteiger partial charge is 0.598 e. The van der Waals surface area contributed by atoms with Crippen LogP contribution in [0.4, 0.5) is 17.6 Å². The Morgan fingerprint density at radius 3 is 2.38 bits per heavy atom. The molecule has 21 heavy (non-hydrogen) atoms. The van der Waals surface area contributed by atoms with Gasteiger partial charge in [0.15, 0.2) is 0 Å². The average Bonchev–Trinajstić information content (AvgIpc) is 2.30. The number of hydrogen-bond acceptors (Lipinski definition) is 3. The molecular formula is C13H17F4NO2S. The Balaban J connectivity index is 2.64. The third-order valence-electron chi connectivity index (χ3n) is 2.43. The molecule has 0 spiro atoms. The minimum atomic E-state index is -4.82. The lowest BCUT2D eigenvalue weighted by atomic mass is 10.1. The zero-order valence-electron chi connectivity index (χ0n) is 11.9. The van der Waals surface area contributed by atoms with Gasteiger partial charge in [0.25, 0.3) is 0 Å². The van der Waals surface area contributed by atoms with Crippen LogP contribution in [-0.4, -0.2) is 22.2 Å². The Hall–Kier alpha value is -0.990. The van der Waals surface area contributed by atoms with Crippen molar-refractivity contribution in [2.75, 3.05) is 6.54 Å². The van der Waals surface area contributed by atoms with E-state index in [1.165, 1.54) is 0 Å². The lowest BCUT2D eigenvalue weighted by molar-refractivity contribution is -0.274. The second-order valence-corrected chi connectivity index (χ2v) is 7.38. The molecule has 0 heterocycles. The van der Waals surface area contributed by atoms with E-state index in [0.29, 0.717) is 0 Å². The van der Waals surface area contributed by atoms with Crippen molar-refractivity contribution in [1.82, 2.24) is 4.72 Å². The molecular weight excluding hydrogens is 310 g/mol. The van der Waals surface area contributed by atoms with Crippen molar-refractivity contribution in [2.45, 2.75) is 38.3 Å². The molecule has 0 aromatic heterocycles. The summed E-state index contributed by atoms with van der Waals surface area (Å²) in [5.41, 5.74) is 0.0650. The second kappa shape index (κ2) is 6.85. The van der Waals surface area contributed by atoms with Crippen molar-refractivity contribution in [1.29, 1.82) is 0 Å². The van der Waals surface area contributed by atoms with Gasteiger partial charge in [-0.2, -0.15) is 0 Å². The smallest absolute Gasteiger partial charge is 0.573 e. The van der Waals surface area contributed by atoms with E-state index in [1.54, 1.807) is 20.8 Å². The zero-order chi connectivity index (χ0) is 16.3. The Morgan fingerprint density at radius 1 is 1.24 bits per heavy atom. The molecule has 1 aromatic carbocycles. The fraction of sp³-hybridized carbons (Fsp3) is 0.538. The summed E-state index contributed by atoms with van der Waals surface area (Å²) in [6, 6.07) is 2.81. The number of halogens is 4. The maximum atomic E-state index is 13.5. The third kappa shape index (κ3) is 6.54. The van der Waals surface area contributed by atoms with Crippen LogP contribution in [-0.2, 0) is 17.8 Å². The number of benzene rings is 1. The maximum Gasteiger partial charge on any atom is 0.573 e. The summed E-state index contributed by atoms with van der Waals surface area (Å²) in [5.74, 6) is -1.11. The van der Waals surface area contributed by atoms with Crippen molar-refractivity contribution in [3.8, 4) is 5.75 Å². The van der Waals surface area contributed by atoms with Gasteiger partial charge in [0.2, 0.25) is 0 Å². The van der Waals surface area contributed by atoms with Crippen LogP contribution in [0.5, 0.6) is 5.75 Å². The molecule has 1 atom stereocenters. The minimum absolute atomic E-state index is 0.0650. The Labute approximate surface area is 124 Å². The van der Waals surface area contributed by atoms with Gasteiger partial charge in [0.05, 0.1) is 0 Å². The van der Waals surface area contributed by atoms with Gasteiger partial charge in [0.1, 0.15) is 16.3 Å². The molecule has 8 heteroatoms. The number of nitrogens with one attached hydrogen (secondary N) is 1. The van der Waals surface area contributed by atoms with Crippen LogP contribution >= 0.6 is 0 Å². The van der Waals surface area contributed by atoms with E-state index in [0.717, 1.165) is 18.2 Å². The van der Waals surface area contributed by atoms with Crippen LogP contribution in [0.3, 0.4) is 0 Å².